The molecule has 0 saturated carbocycles. The van der Waals surface area contributed by atoms with E-state index in [0.717, 1.165) is 19.3 Å². The SMILES string of the molecule is CCC(C)(C)c1ccccc1CCCOC(=O)Oc1ccccc1. The second kappa shape index (κ2) is 8.53. The molecular weight excluding hydrogens is 300 g/mol. The molecule has 2 rings (SSSR count). The summed E-state index contributed by atoms with van der Waals surface area (Å²) in [6.45, 7) is 7.09. The number of rotatable bonds is 7. The molecule has 2 aromatic carbocycles. The molecule has 0 heterocycles. The molecule has 0 bridgehead atoms. The number of aryl methyl sites for hydroxylation is 1. The van der Waals surface area contributed by atoms with Crippen molar-refractivity contribution in [3.05, 3.63) is 65.7 Å². The van der Waals surface area contributed by atoms with Crippen LogP contribution in [0.1, 0.15) is 44.7 Å². The van der Waals surface area contributed by atoms with Crippen molar-refractivity contribution in [1.82, 2.24) is 0 Å². The van der Waals surface area contributed by atoms with Crippen LogP contribution in [0.3, 0.4) is 0 Å². The van der Waals surface area contributed by atoms with Crippen LogP contribution in [0.25, 0.3) is 0 Å². The molecule has 0 aliphatic rings. The Labute approximate surface area is 144 Å². The van der Waals surface area contributed by atoms with E-state index in [1.54, 1.807) is 12.1 Å². The average Bonchev–Trinajstić information content (AvgIpc) is 2.60. The van der Waals surface area contributed by atoms with Crippen LogP contribution in [0, 0.1) is 0 Å². The van der Waals surface area contributed by atoms with Gasteiger partial charge in [-0.05, 0) is 47.9 Å². The van der Waals surface area contributed by atoms with E-state index in [1.165, 1.54) is 11.1 Å². The number of hydrogen-bond donors (Lipinski definition) is 0. The maximum absolute atomic E-state index is 11.7. The van der Waals surface area contributed by atoms with Crippen molar-refractivity contribution in [2.45, 2.75) is 45.4 Å². The summed E-state index contributed by atoms with van der Waals surface area (Å²) in [6, 6.07) is 17.5. The van der Waals surface area contributed by atoms with E-state index in [2.05, 4.69) is 45.0 Å². The smallest absolute Gasteiger partial charge is 0.434 e. The fourth-order valence-electron chi connectivity index (χ4n) is 2.62. The van der Waals surface area contributed by atoms with Crippen molar-refractivity contribution in [2.75, 3.05) is 6.61 Å². The van der Waals surface area contributed by atoms with Crippen molar-refractivity contribution < 1.29 is 14.3 Å². The lowest BCUT2D eigenvalue weighted by Crippen LogP contribution is -2.18. The number of carbonyl (C=O) groups excluding carboxylic acids is 1. The molecule has 24 heavy (non-hydrogen) atoms. The zero-order valence-corrected chi connectivity index (χ0v) is 14.7. The molecule has 128 valence electrons. The first kappa shape index (κ1) is 18.1. The van der Waals surface area contributed by atoms with Crippen LogP contribution in [0.5, 0.6) is 5.75 Å². The van der Waals surface area contributed by atoms with E-state index in [4.69, 9.17) is 9.47 Å². The average molecular weight is 326 g/mol. The Morgan fingerprint density at radius 1 is 1.00 bits per heavy atom. The summed E-state index contributed by atoms with van der Waals surface area (Å²) in [5, 5.41) is 0. The summed E-state index contributed by atoms with van der Waals surface area (Å²) in [5.41, 5.74) is 2.85. The minimum absolute atomic E-state index is 0.156. The van der Waals surface area contributed by atoms with Crippen molar-refractivity contribution >= 4 is 6.16 Å². The highest BCUT2D eigenvalue weighted by Crippen LogP contribution is 2.30. The Bertz CT molecular complexity index is 647. The number of benzene rings is 2. The molecule has 2 aromatic rings. The van der Waals surface area contributed by atoms with Crippen LogP contribution in [0.15, 0.2) is 54.6 Å². The molecule has 0 atom stereocenters. The number of ether oxygens (including phenoxy) is 2. The van der Waals surface area contributed by atoms with E-state index in [0.29, 0.717) is 12.4 Å². The van der Waals surface area contributed by atoms with Gasteiger partial charge in [-0.1, -0.05) is 63.2 Å². The second-order valence-corrected chi connectivity index (χ2v) is 6.51. The molecule has 0 spiro atoms. The van der Waals surface area contributed by atoms with E-state index in [1.807, 2.05) is 18.2 Å². The van der Waals surface area contributed by atoms with Gasteiger partial charge in [0.1, 0.15) is 5.75 Å². The highest BCUT2D eigenvalue weighted by molar-refractivity contribution is 5.63. The van der Waals surface area contributed by atoms with E-state index < -0.39 is 6.16 Å². The van der Waals surface area contributed by atoms with Gasteiger partial charge >= 0.3 is 6.16 Å². The van der Waals surface area contributed by atoms with Gasteiger partial charge in [-0.15, -0.1) is 0 Å². The first-order valence-corrected chi connectivity index (χ1v) is 8.51. The summed E-state index contributed by atoms with van der Waals surface area (Å²) in [7, 11) is 0. The summed E-state index contributed by atoms with van der Waals surface area (Å²) in [6.07, 6.45) is 2.10. The molecule has 3 nitrogen and oxygen atoms in total. The molecule has 0 aliphatic heterocycles. The van der Waals surface area contributed by atoms with Crippen molar-refractivity contribution in [1.29, 1.82) is 0 Å². The third kappa shape index (κ3) is 5.12. The van der Waals surface area contributed by atoms with Gasteiger partial charge in [-0.2, -0.15) is 0 Å². The first-order chi connectivity index (χ1) is 11.5. The molecule has 0 amide bonds. The highest BCUT2D eigenvalue weighted by Gasteiger charge is 2.20. The first-order valence-electron chi connectivity index (χ1n) is 8.51. The highest BCUT2D eigenvalue weighted by atomic mass is 16.7. The predicted molar refractivity (Wildman–Crippen MR) is 96.5 cm³/mol. The van der Waals surface area contributed by atoms with Crippen LogP contribution in [-0.2, 0) is 16.6 Å². The summed E-state index contributed by atoms with van der Waals surface area (Å²) in [4.78, 5) is 11.7. The molecule has 0 radical (unpaired) electrons. The third-order valence-corrected chi connectivity index (χ3v) is 4.39. The molecule has 0 N–H and O–H groups in total. The largest absolute Gasteiger partial charge is 0.513 e. The molecule has 0 saturated heterocycles. The lowest BCUT2D eigenvalue weighted by Gasteiger charge is -2.26. The van der Waals surface area contributed by atoms with Crippen molar-refractivity contribution in [3.63, 3.8) is 0 Å². The Balaban J connectivity index is 1.82. The van der Waals surface area contributed by atoms with Gasteiger partial charge in [0, 0.05) is 0 Å². The predicted octanol–water partition coefficient (Wildman–Crippen LogP) is 5.52. The Kier molecular flexibility index (Phi) is 6.42. The lowest BCUT2D eigenvalue weighted by atomic mass is 9.79. The third-order valence-electron chi connectivity index (χ3n) is 4.39. The van der Waals surface area contributed by atoms with Crippen LogP contribution >= 0.6 is 0 Å². The number of para-hydroxylation sites is 1. The molecule has 0 unspecified atom stereocenters. The van der Waals surface area contributed by atoms with E-state index in [-0.39, 0.29) is 5.41 Å². The summed E-state index contributed by atoms with van der Waals surface area (Å²) in [5.74, 6) is 0.498. The summed E-state index contributed by atoms with van der Waals surface area (Å²) < 4.78 is 10.3. The van der Waals surface area contributed by atoms with Crippen LogP contribution in [0.2, 0.25) is 0 Å². The Hall–Kier alpha value is -2.29. The van der Waals surface area contributed by atoms with Gasteiger partial charge in [0.25, 0.3) is 0 Å². The van der Waals surface area contributed by atoms with E-state index in [9.17, 15) is 4.79 Å². The maximum atomic E-state index is 11.7. The van der Waals surface area contributed by atoms with Gasteiger partial charge in [-0.3, -0.25) is 0 Å². The fourth-order valence-corrected chi connectivity index (χ4v) is 2.62. The van der Waals surface area contributed by atoms with Gasteiger partial charge in [0.05, 0.1) is 6.61 Å². The zero-order valence-electron chi connectivity index (χ0n) is 14.7. The topological polar surface area (TPSA) is 35.5 Å². The van der Waals surface area contributed by atoms with Gasteiger partial charge < -0.3 is 9.47 Å². The molecular formula is C21H26O3. The maximum Gasteiger partial charge on any atom is 0.513 e. The Morgan fingerprint density at radius 3 is 2.38 bits per heavy atom. The minimum Gasteiger partial charge on any atom is -0.434 e. The number of carbonyl (C=O) groups is 1. The quantitative estimate of drug-likeness (QED) is 0.382. The van der Waals surface area contributed by atoms with Crippen LogP contribution in [0.4, 0.5) is 4.79 Å². The molecule has 0 aromatic heterocycles. The Morgan fingerprint density at radius 2 is 1.67 bits per heavy atom. The second-order valence-electron chi connectivity index (χ2n) is 6.51. The van der Waals surface area contributed by atoms with E-state index >= 15 is 0 Å². The normalized spacial score (nSPS) is 11.1. The molecule has 0 aliphatic carbocycles. The minimum atomic E-state index is -0.650. The van der Waals surface area contributed by atoms with Crippen molar-refractivity contribution in [2.24, 2.45) is 0 Å². The molecule has 3 heteroatoms. The molecule has 0 fully saturated rings. The zero-order chi connectivity index (χ0) is 17.4. The fraction of sp³-hybridized carbons (Fsp3) is 0.381. The monoisotopic (exact) mass is 326 g/mol. The van der Waals surface area contributed by atoms with Gasteiger partial charge in [0.15, 0.2) is 0 Å². The van der Waals surface area contributed by atoms with Crippen molar-refractivity contribution in [3.8, 4) is 5.75 Å². The van der Waals surface area contributed by atoms with Gasteiger partial charge in [-0.25, -0.2) is 4.79 Å². The van der Waals surface area contributed by atoms with Gasteiger partial charge in [0.2, 0.25) is 0 Å². The standard InChI is InChI=1S/C21H26O3/c1-4-21(2,3)19-15-9-8-11-17(19)12-10-16-23-20(22)24-18-13-6-5-7-14-18/h5-9,11,13-15H,4,10,12,16H2,1-3H3. The summed E-state index contributed by atoms with van der Waals surface area (Å²) >= 11 is 0. The number of hydrogen-bond acceptors (Lipinski definition) is 3. The van der Waals surface area contributed by atoms with Crippen LogP contribution in [-0.4, -0.2) is 12.8 Å². The lowest BCUT2D eigenvalue weighted by molar-refractivity contribution is 0.0980. The van der Waals surface area contributed by atoms with Crippen LogP contribution < -0.4 is 4.74 Å².